The Bertz CT molecular complexity index is 1190. The minimum Gasteiger partial charge on any atom is -0.486 e. The van der Waals surface area contributed by atoms with Crippen molar-refractivity contribution < 1.29 is 13.9 Å². The molecule has 156 valence electrons. The normalized spacial score (nSPS) is 10.7. The van der Waals surface area contributed by atoms with E-state index in [2.05, 4.69) is 26.5 Å². The molecule has 1 amide bonds. The molecule has 0 saturated carbocycles. The molecule has 0 aliphatic rings. The van der Waals surface area contributed by atoms with Crippen molar-refractivity contribution >= 4 is 51.3 Å². The Labute approximate surface area is 196 Å². The molecule has 0 atom stereocenters. The molecule has 31 heavy (non-hydrogen) atoms. The zero-order valence-corrected chi connectivity index (χ0v) is 18.8. The van der Waals surface area contributed by atoms with Crippen LogP contribution in [-0.4, -0.2) is 12.1 Å². The summed E-state index contributed by atoms with van der Waals surface area (Å²) < 4.78 is 20.3. The highest BCUT2D eigenvalue weighted by Crippen LogP contribution is 2.35. The number of amides is 1. The number of rotatable bonds is 6. The third-order valence-electron chi connectivity index (χ3n) is 4.07. The molecule has 3 aromatic carbocycles. The van der Waals surface area contributed by atoms with E-state index in [1.165, 1.54) is 18.3 Å². The maximum atomic E-state index is 13.9. The van der Waals surface area contributed by atoms with Gasteiger partial charge < -0.3 is 4.74 Å². The van der Waals surface area contributed by atoms with Crippen LogP contribution in [0.15, 0.2) is 64.2 Å². The first kappa shape index (κ1) is 22.8. The first-order chi connectivity index (χ1) is 14.9. The average Bonchev–Trinajstić information content (AvgIpc) is 2.74. The van der Waals surface area contributed by atoms with Crippen molar-refractivity contribution in [3.05, 3.63) is 97.2 Å². The SMILES string of the molecule is N#Cc1ccc(C(=O)N/N=C\c2cc(Cl)c(OCc3ccccc3Cl)c(Br)c2)c(F)c1. The number of hydrogen-bond donors (Lipinski definition) is 1. The molecule has 0 unspecified atom stereocenters. The van der Waals surface area contributed by atoms with Gasteiger partial charge in [0.05, 0.1) is 32.9 Å². The maximum Gasteiger partial charge on any atom is 0.274 e. The van der Waals surface area contributed by atoms with E-state index in [4.69, 9.17) is 33.2 Å². The second-order valence-electron chi connectivity index (χ2n) is 6.20. The van der Waals surface area contributed by atoms with Gasteiger partial charge in [-0.2, -0.15) is 10.4 Å². The zero-order chi connectivity index (χ0) is 22.4. The Balaban J connectivity index is 1.67. The van der Waals surface area contributed by atoms with Crippen LogP contribution in [0.5, 0.6) is 5.75 Å². The Kier molecular flexibility index (Phi) is 7.64. The summed E-state index contributed by atoms with van der Waals surface area (Å²) in [7, 11) is 0. The minimum absolute atomic E-state index is 0.119. The number of ether oxygens (including phenoxy) is 1. The van der Waals surface area contributed by atoms with Crippen LogP contribution in [0, 0.1) is 17.1 Å². The first-order valence-corrected chi connectivity index (χ1v) is 10.3. The van der Waals surface area contributed by atoms with Crippen molar-refractivity contribution in [1.29, 1.82) is 5.26 Å². The predicted octanol–water partition coefficient (Wildman–Crippen LogP) is 6.11. The molecule has 3 aromatic rings. The lowest BCUT2D eigenvalue weighted by molar-refractivity contribution is 0.0951. The molecule has 1 N–H and O–H groups in total. The van der Waals surface area contributed by atoms with Gasteiger partial charge in [0.15, 0.2) is 5.75 Å². The fourth-order valence-corrected chi connectivity index (χ4v) is 3.73. The monoisotopic (exact) mass is 519 g/mol. The Hall–Kier alpha value is -2.92. The van der Waals surface area contributed by atoms with Gasteiger partial charge in [-0.3, -0.25) is 4.79 Å². The summed E-state index contributed by atoms with van der Waals surface area (Å²) in [6, 6.07) is 16.0. The minimum atomic E-state index is -0.808. The van der Waals surface area contributed by atoms with Crippen LogP contribution < -0.4 is 10.2 Å². The van der Waals surface area contributed by atoms with Crippen LogP contribution in [-0.2, 0) is 6.61 Å². The number of carbonyl (C=O) groups excluding carboxylic acids is 1. The van der Waals surface area contributed by atoms with Crippen LogP contribution in [0.3, 0.4) is 0 Å². The number of hydrogen-bond acceptors (Lipinski definition) is 4. The van der Waals surface area contributed by atoms with Gasteiger partial charge in [-0.05, 0) is 57.9 Å². The van der Waals surface area contributed by atoms with Crippen molar-refractivity contribution in [2.24, 2.45) is 5.10 Å². The van der Waals surface area contributed by atoms with Crippen molar-refractivity contribution in [2.45, 2.75) is 6.61 Å². The van der Waals surface area contributed by atoms with E-state index >= 15 is 0 Å². The number of nitrogens with zero attached hydrogens (tertiary/aromatic N) is 2. The summed E-state index contributed by atoms with van der Waals surface area (Å²) in [4.78, 5) is 12.1. The predicted molar refractivity (Wildman–Crippen MR) is 121 cm³/mol. The van der Waals surface area contributed by atoms with Gasteiger partial charge >= 0.3 is 0 Å². The number of benzene rings is 3. The highest BCUT2D eigenvalue weighted by molar-refractivity contribution is 9.10. The third-order valence-corrected chi connectivity index (χ3v) is 5.31. The van der Waals surface area contributed by atoms with E-state index in [9.17, 15) is 9.18 Å². The summed E-state index contributed by atoms with van der Waals surface area (Å²) in [5.74, 6) is -1.12. The molecule has 9 heteroatoms. The summed E-state index contributed by atoms with van der Waals surface area (Å²) in [5, 5.41) is 13.5. The van der Waals surface area contributed by atoms with Gasteiger partial charge in [0.1, 0.15) is 12.4 Å². The molecule has 0 radical (unpaired) electrons. The molecule has 0 heterocycles. The zero-order valence-electron chi connectivity index (χ0n) is 15.7. The molecule has 0 spiro atoms. The molecule has 0 fully saturated rings. The highest BCUT2D eigenvalue weighted by Gasteiger charge is 2.12. The summed E-state index contributed by atoms with van der Waals surface area (Å²) in [5.41, 5.74) is 3.52. The van der Waals surface area contributed by atoms with E-state index < -0.39 is 11.7 Å². The molecule has 0 aliphatic heterocycles. The quantitative estimate of drug-likeness (QED) is 0.314. The Morgan fingerprint density at radius 2 is 1.97 bits per heavy atom. The van der Waals surface area contributed by atoms with E-state index in [0.29, 0.717) is 25.8 Å². The number of nitrogens with one attached hydrogen (secondary N) is 1. The van der Waals surface area contributed by atoms with Gasteiger partial charge in [-0.25, -0.2) is 9.82 Å². The van der Waals surface area contributed by atoms with Crippen LogP contribution >= 0.6 is 39.1 Å². The summed E-state index contributed by atoms with van der Waals surface area (Å²) >= 11 is 15.9. The molecule has 0 saturated heterocycles. The van der Waals surface area contributed by atoms with E-state index in [1.807, 2.05) is 18.2 Å². The fraction of sp³-hybridized carbons (Fsp3) is 0.0455. The van der Waals surface area contributed by atoms with Crippen molar-refractivity contribution in [2.75, 3.05) is 0 Å². The molecule has 5 nitrogen and oxygen atoms in total. The number of carbonyl (C=O) groups is 1. The summed E-state index contributed by atoms with van der Waals surface area (Å²) in [6.45, 7) is 0.234. The maximum absolute atomic E-state index is 13.9. The van der Waals surface area contributed by atoms with Gasteiger partial charge in [0.25, 0.3) is 5.91 Å². The number of halogens is 4. The lowest BCUT2D eigenvalue weighted by atomic mass is 10.1. The van der Waals surface area contributed by atoms with Gasteiger partial charge in [-0.1, -0.05) is 41.4 Å². The molecular weight excluding hydrogens is 508 g/mol. The van der Waals surface area contributed by atoms with Crippen molar-refractivity contribution in [1.82, 2.24) is 5.43 Å². The van der Waals surface area contributed by atoms with Crippen LogP contribution in [0.1, 0.15) is 27.0 Å². The molecule has 0 aliphatic carbocycles. The van der Waals surface area contributed by atoms with E-state index in [0.717, 1.165) is 11.6 Å². The molecular formula is C22H13BrCl2FN3O2. The largest absolute Gasteiger partial charge is 0.486 e. The Morgan fingerprint density at radius 3 is 2.65 bits per heavy atom. The summed E-state index contributed by atoms with van der Waals surface area (Å²) in [6.07, 6.45) is 1.36. The van der Waals surface area contributed by atoms with Crippen LogP contribution in [0.25, 0.3) is 0 Å². The second kappa shape index (κ2) is 10.4. The standard InChI is InChI=1S/C22H13BrCl2FN3O2/c23-17-7-14(8-19(25)21(17)31-12-15-3-1-2-4-18(15)24)11-28-29-22(30)16-6-5-13(10-27)9-20(16)26/h1-9,11H,12H2,(H,29,30)/b28-11-. The van der Waals surface area contributed by atoms with Crippen molar-refractivity contribution in [3.63, 3.8) is 0 Å². The van der Waals surface area contributed by atoms with E-state index in [-0.39, 0.29) is 17.7 Å². The molecule has 0 bridgehead atoms. The highest BCUT2D eigenvalue weighted by atomic mass is 79.9. The lowest BCUT2D eigenvalue weighted by Gasteiger charge is -2.12. The number of nitriles is 1. The molecule has 3 rings (SSSR count). The average molecular weight is 521 g/mol. The first-order valence-electron chi connectivity index (χ1n) is 8.77. The second-order valence-corrected chi connectivity index (χ2v) is 7.87. The molecule has 0 aromatic heterocycles. The van der Waals surface area contributed by atoms with Gasteiger partial charge in [0.2, 0.25) is 0 Å². The third kappa shape index (κ3) is 5.82. The topological polar surface area (TPSA) is 74.5 Å². The van der Waals surface area contributed by atoms with Crippen molar-refractivity contribution in [3.8, 4) is 11.8 Å². The van der Waals surface area contributed by atoms with Gasteiger partial charge in [0, 0.05) is 10.6 Å². The van der Waals surface area contributed by atoms with Gasteiger partial charge in [-0.15, -0.1) is 0 Å². The van der Waals surface area contributed by atoms with Crippen LogP contribution in [0.2, 0.25) is 10.0 Å². The van der Waals surface area contributed by atoms with Crippen LogP contribution in [0.4, 0.5) is 4.39 Å². The van der Waals surface area contributed by atoms with E-state index in [1.54, 1.807) is 24.3 Å². The fourth-order valence-electron chi connectivity index (χ4n) is 2.55. The lowest BCUT2D eigenvalue weighted by Crippen LogP contribution is -2.19. The number of hydrazone groups is 1. The Morgan fingerprint density at radius 1 is 1.19 bits per heavy atom. The smallest absolute Gasteiger partial charge is 0.274 e.